The minimum atomic E-state index is 0.902. The molecule has 0 atom stereocenters. The van der Waals surface area contributed by atoms with E-state index >= 15 is 0 Å². The molecule has 0 spiro atoms. The van der Waals surface area contributed by atoms with E-state index in [-0.39, 0.29) is 0 Å². The number of fused-ring (bicyclic) bond motifs is 6. The van der Waals surface area contributed by atoms with Crippen molar-refractivity contribution in [3.8, 4) is 61.3 Å². The molecule has 0 aliphatic rings. The van der Waals surface area contributed by atoms with Gasteiger partial charge in [0.05, 0.1) is 11.0 Å². The largest absolute Gasteiger partial charge is 0.456 e. The number of anilines is 3. The van der Waals surface area contributed by atoms with Crippen LogP contribution in [-0.2, 0) is 0 Å². The third-order valence-electron chi connectivity index (χ3n) is 13.7. The minimum Gasteiger partial charge on any atom is -0.456 e. The molecule has 0 radical (unpaired) electrons. The van der Waals surface area contributed by atoms with Gasteiger partial charge in [0.2, 0.25) is 0 Å². The Kier molecular flexibility index (Phi) is 9.84. The second kappa shape index (κ2) is 16.9. The predicted octanol–water partition coefficient (Wildman–Crippen LogP) is 18.5. The maximum atomic E-state index is 6.25. The van der Waals surface area contributed by atoms with E-state index in [2.05, 4.69) is 264 Å². The lowest BCUT2D eigenvalue weighted by molar-refractivity contribution is 0.669. The van der Waals surface area contributed by atoms with Gasteiger partial charge in [-0.05, 0) is 134 Å². The number of hydrogen-bond acceptors (Lipinski definition) is 2. The quantitative estimate of drug-likeness (QED) is 0.144. The van der Waals surface area contributed by atoms with Gasteiger partial charge in [-0.3, -0.25) is 0 Å². The smallest absolute Gasteiger partial charge is 0.136 e. The highest BCUT2D eigenvalue weighted by molar-refractivity contribution is 6.12. The lowest BCUT2D eigenvalue weighted by Gasteiger charge is -2.26. The van der Waals surface area contributed by atoms with E-state index < -0.39 is 0 Å². The highest BCUT2D eigenvalue weighted by Crippen LogP contribution is 2.41. The summed E-state index contributed by atoms with van der Waals surface area (Å²) >= 11 is 0. The molecular weight excluding hydrogens is 837 g/mol. The molecule has 13 rings (SSSR count). The summed E-state index contributed by atoms with van der Waals surface area (Å²) < 4.78 is 8.62. The van der Waals surface area contributed by atoms with Gasteiger partial charge in [-0.1, -0.05) is 188 Å². The van der Waals surface area contributed by atoms with E-state index in [1.807, 2.05) is 12.1 Å². The van der Waals surface area contributed by atoms with Crippen molar-refractivity contribution in [1.29, 1.82) is 0 Å². The lowest BCUT2D eigenvalue weighted by Crippen LogP contribution is -2.09. The first-order chi connectivity index (χ1) is 34.2. The average molecular weight is 881 g/mol. The van der Waals surface area contributed by atoms with Crippen molar-refractivity contribution in [2.24, 2.45) is 0 Å². The Morgan fingerprint density at radius 3 is 1.23 bits per heavy atom. The van der Waals surface area contributed by atoms with E-state index in [9.17, 15) is 0 Å². The Labute approximate surface area is 401 Å². The first kappa shape index (κ1) is 40.1. The minimum absolute atomic E-state index is 0.902. The van der Waals surface area contributed by atoms with Crippen molar-refractivity contribution in [1.82, 2.24) is 4.57 Å². The molecule has 0 aliphatic carbocycles. The van der Waals surface area contributed by atoms with Gasteiger partial charge < -0.3 is 13.9 Å². The summed E-state index contributed by atoms with van der Waals surface area (Å²) in [5.74, 6) is 0. The standard InChI is InChI=1S/C66H44N2O/c1-2-12-45(13-3-1)46-24-26-47(27-25-46)48-28-36-54(37-29-48)67(55-38-30-49(31-39-55)50-32-42-57(43-33-50)68-62-20-7-4-16-59(62)60-17-5-8-21-63(60)68)56-40-34-51(35-41-56)52-14-10-15-53(44-52)58-19-11-23-65-66(58)61-18-6-9-22-64(61)69-65/h1-44H. The topological polar surface area (TPSA) is 21.3 Å². The van der Waals surface area contributed by atoms with Crippen LogP contribution in [0.2, 0.25) is 0 Å². The molecular formula is C66H44N2O. The van der Waals surface area contributed by atoms with Gasteiger partial charge >= 0.3 is 0 Å². The normalized spacial score (nSPS) is 11.5. The molecule has 0 N–H and O–H groups in total. The van der Waals surface area contributed by atoms with Crippen molar-refractivity contribution < 1.29 is 4.42 Å². The van der Waals surface area contributed by atoms with Crippen LogP contribution in [0.3, 0.4) is 0 Å². The zero-order valence-corrected chi connectivity index (χ0v) is 37.7. The Morgan fingerprint density at radius 2 is 0.667 bits per heavy atom. The van der Waals surface area contributed by atoms with Crippen LogP contribution in [-0.4, -0.2) is 4.57 Å². The summed E-state index contributed by atoms with van der Waals surface area (Å²) in [6.07, 6.45) is 0. The first-order valence-corrected chi connectivity index (χ1v) is 23.6. The van der Waals surface area contributed by atoms with Crippen molar-refractivity contribution in [3.63, 3.8) is 0 Å². The number of benzene rings is 11. The molecule has 0 fully saturated rings. The molecule has 0 aliphatic heterocycles. The number of nitrogens with zero attached hydrogens (tertiary/aromatic N) is 2. The molecule has 0 amide bonds. The van der Waals surface area contributed by atoms with E-state index in [4.69, 9.17) is 4.42 Å². The van der Waals surface area contributed by atoms with Crippen molar-refractivity contribution in [2.45, 2.75) is 0 Å². The van der Waals surface area contributed by atoms with E-state index in [0.717, 1.165) is 66.9 Å². The van der Waals surface area contributed by atoms with Gasteiger partial charge in [0.15, 0.2) is 0 Å². The van der Waals surface area contributed by atoms with Crippen LogP contribution in [0.1, 0.15) is 0 Å². The fourth-order valence-electron chi connectivity index (χ4n) is 10.2. The van der Waals surface area contributed by atoms with Gasteiger partial charge in [0.1, 0.15) is 11.2 Å². The van der Waals surface area contributed by atoms with Crippen LogP contribution in [0.25, 0.3) is 105 Å². The second-order valence-corrected chi connectivity index (χ2v) is 17.7. The van der Waals surface area contributed by atoms with E-state index in [1.165, 1.54) is 55.2 Å². The van der Waals surface area contributed by atoms with Gasteiger partial charge in [0, 0.05) is 44.3 Å². The van der Waals surface area contributed by atoms with Crippen molar-refractivity contribution in [2.75, 3.05) is 4.90 Å². The first-order valence-electron chi connectivity index (χ1n) is 23.6. The van der Waals surface area contributed by atoms with Gasteiger partial charge in [-0.15, -0.1) is 0 Å². The molecule has 13 aromatic rings. The van der Waals surface area contributed by atoms with Crippen molar-refractivity contribution in [3.05, 3.63) is 267 Å². The monoisotopic (exact) mass is 880 g/mol. The van der Waals surface area contributed by atoms with Crippen LogP contribution in [0, 0.1) is 0 Å². The molecule has 324 valence electrons. The molecule has 0 bridgehead atoms. The molecule has 0 saturated carbocycles. The molecule has 0 unspecified atom stereocenters. The van der Waals surface area contributed by atoms with Crippen LogP contribution in [0.15, 0.2) is 271 Å². The van der Waals surface area contributed by atoms with Crippen LogP contribution >= 0.6 is 0 Å². The number of aromatic nitrogens is 1. The molecule has 2 aromatic heterocycles. The molecule has 3 heteroatoms. The molecule has 69 heavy (non-hydrogen) atoms. The summed E-state index contributed by atoms with van der Waals surface area (Å²) in [4.78, 5) is 2.35. The Hall–Kier alpha value is -9.18. The van der Waals surface area contributed by atoms with E-state index in [1.54, 1.807) is 0 Å². The molecule has 3 nitrogen and oxygen atoms in total. The number of para-hydroxylation sites is 3. The zero-order valence-electron chi connectivity index (χ0n) is 37.7. The average Bonchev–Trinajstić information content (AvgIpc) is 3.98. The SMILES string of the molecule is c1ccc(-c2ccc(-c3ccc(N(c4ccc(-c5ccc(-n6c7ccccc7c7ccccc76)cc5)cc4)c4ccc(-c5cccc(-c6cccc7oc8ccccc8c67)c5)cc4)cc3)cc2)cc1. The summed E-state index contributed by atoms with van der Waals surface area (Å²) in [7, 11) is 0. The highest BCUT2D eigenvalue weighted by atomic mass is 16.3. The summed E-state index contributed by atoms with van der Waals surface area (Å²) in [6.45, 7) is 0. The van der Waals surface area contributed by atoms with E-state index in [0.29, 0.717) is 0 Å². The highest BCUT2D eigenvalue weighted by Gasteiger charge is 2.17. The van der Waals surface area contributed by atoms with Crippen LogP contribution in [0.5, 0.6) is 0 Å². The summed E-state index contributed by atoms with van der Waals surface area (Å²) in [6, 6.07) is 96.0. The molecule has 2 heterocycles. The zero-order chi connectivity index (χ0) is 45.7. The van der Waals surface area contributed by atoms with Gasteiger partial charge in [-0.25, -0.2) is 0 Å². The summed E-state index contributed by atoms with van der Waals surface area (Å²) in [5.41, 5.74) is 20.4. The van der Waals surface area contributed by atoms with Crippen LogP contribution in [0.4, 0.5) is 17.1 Å². The third-order valence-corrected chi connectivity index (χ3v) is 13.7. The lowest BCUT2D eigenvalue weighted by atomic mass is 9.96. The summed E-state index contributed by atoms with van der Waals surface area (Å²) in [5, 5.41) is 4.81. The van der Waals surface area contributed by atoms with Gasteiger partial charge in [-0.2, -0.15) is 0 Å². The number of rotatable bonds is 9. The number of furan rings is 1. The third kappa shape index (κ3) is 7.25. The second-order valence-electron chi connectivity index (χ2n) is 17.7. The maximum Gasteiger partial charge on any atom is 0.136 e. The van der Waals surface area contributed by atoms with Gasteiger partial charge in [0.25, 0.3) is 0 Å². The number of hydrogen-bond donors (Lipinski definition) is 0. The molecule has 0 saturated heterocycles. The van der Waals surface area contributed by atoms with Crippen molar-refractivity contribution >= 4 is 60.8 Å². The Balaban J connectivity index is 0.834. The predicted molar refractivity (Wildman–Crippen MR) is 290 cm³/mol. The maximum absolute atomic E-state index is 6.25. The fraction of sp³-hybridized carbons (Fsp3) is 0. The van der Waals surface area contributed by atoms with Crippen LogP contribution < -0.4 is 4.90 Å². The molecule has 11 aromatic carbocycles. The Bertz CT molecular complexity index is 3910. The fourth-order valence-corrected chi connectivity index (χ4v) is 10.2. The Morgan fingerprint density at radius 1 is 0.275 bits per heavy atom.